The van der Waals surface area contributed by atoms with Gasteiger partial charge in [0.25, 0.3) is 0 Å². The number of hydrogen-bond acceptors (Lipinski definition) is 5. The first-order valence-corrected chi connectivity index (χ1v) is 8.70. The summed E-state index contributed by atoms with van der Waals surface area (Å²) < 4.78 is 0. The molecule has 23 heavy (non-hydrogen) atoms. The number of aromatic nitrogens is 2. The second-order valence-electron chi connectivity index (χ2n) is 5.77. The summed E-state index contributed by atoms with van der Waals surface area (Å²) in [5.74, 6) is 0.311. The van der Waals surface area contributed by atoms with Gasteiger partial charge in [0.15, 0.2) is 0 Å². The minimum absolute atomic E-state index is 0.201. The molecule has 1 heterocycles. The van der Waals surface area contributed by atoms with Gasteiger partial charge in [-0.1, -0.05) is 42.7 Å². The average Bonchev–Trinajstić information content (AvgIpc) is 3.04. The van der Waals surface area contributed by atoms with E-state index in [0.29, 0.717) is 16.7 Å². The molecule has 1 aromatic carbocycles. The number of anilines is 2. The minimum atomic E-state index is -0.201. The number of hydrogen-bond donors (Lipinski definition) is 2. The number of benzene rings is 1. The highest BCUT2D eigenvalue weighted by Gasteiger charge is 2.19. The van der Waals surface area contributed by atoms with Gasteiger partial charge in [0.2, 0.25) is 11.0 Å². The van der Waals surface area contributed by atoms with E-state index in [-0.39, 0.29) is 5.91 Å². The normalized spacial score (nSPS) is 15.8. The van der Waals surface area contributed by atoms with Crippen LogP contribution in [0.3, 0.4) is 0 Å². The van der Waals surface area contributed by atoms with Crippen LogP contribution in [-0.2, 0) is 4.79 Å². The van der Waals surface area contributed by atoms with Crippen molar-refractivity contribution in [3.63, 3.8) is 0 Å². The number of nitrogens with zero attached hydrogens (tertiary/aromatic N) is 2. The molecule has 5 nitrogen and oxygen atoms in total. The molecule has 0 radical (unpaired) electrons. The molecule has 1 aromatic heterocycles. The summed E-state index contributed by atoms with van der Waals surface area (Å²) in [7, 11) is 0. The van der Waals surface area contributed by atoms with Crippen molar-refractivity contribution in [1.82, 2.24) is 10.2 Å². The van der Waals surface area contributed by atoms with Crippen molar-refractivity contribution < 1.29 is 4.79 Å². The van der Waals surface area contributed by atoms with Gasteiger partial charge in [-0.25, -0.2) is 0 Å². The van der Waals surface area contributed by atoms with E-state index in [2.05, 4.69) is 15.5 Å². The van der Waals surface area contributed by atoms with Crippen LogP contribution < -0.4 is 11.1 Å². The van der Waals surface area contributed by atoms with E-state index < -0.39 is 0 Å². The Morgan fingerprint density at radius 1 is 1.17 bits per heavy atom. The Balaban J connectivity index is 1.57. The summed E-state index contributed by atoms with van der Waals surface area (Å²) in [6, 6.07) is 7.34. The predicted molar refractivity (Wildman–Crippen MR) is 94.3 cm³/mol. The van der Waals surface area contributed by atoms with Crippen LogP contribution in [0.25, 0.3) is 6.08 Å². The van der Waals surface area contributed by atoms with E-state index >= 15 is 0 Å². The molecule has 3 N–H and O–H groups in total. The molecule has 1 aliphatic rings. The molecule has 1 amide bonds. The standard InChI is InChI=1S/C17H20N4OS/c18-14-9-6-12(7-10-14)8-11-15(22)19-17-21-20-16(23-17)13-4-2-1-3-5-13/h6-11,13H,1-5,18H2,(H,19,21,22)/b11-8+. The molecule has 3 rings (SSSR count). The first kappa shape index (κ1) is 15.7. The second kappa shape index (κ2) is 7.37. The Morgan fingerprint density at radius 2 is 1.91 bits per heavy atom. The fraction of sp³-hybridized carbons (Fsp3) is 0.353. The molecule has 1 aliphatic carbocycles. The first-order chi connectivity index (χ1) is 11.2. The maximum atomic E-state index is 12.0. The van der Waals surface area contributed by atoms with Crippen molar-refractivity contribution in [2.75, 3.05) is 11.1 Å². The van der Waals surface area contributed by atoms with E-state index in [9.17, 15) is 4.79 Å². The largest absolute Gasteiger partial charge is 0.399 e. The smallest absolute Gasteiger partial charge is 0.250 e. The highest BCUT2D eigenvalue weighted by molar-refractivity contribution is 7.15. The molecule has 0 atom stereocenters. The lowest BCUT2D eigenvalue weighted by Gasteiger charge is -2.18. The van der Waals surface area contributed by atoms with Gasteiger partial charge >= 0.3 is 0 Å². The highest BCUT2D eigenvalue weighted by Crippen LogP contribution is 2.35. The van der Waals surface area contributed by atoms with Crippen molar-refractivity contribution in [2.24, 2.45) is 0 Å². The zero-order valence-electron chi connectivity index (χ0n) is 12.9. The number of rotatable bonds is 4. The number of amides is 1. The van der Waals surface area contributed by atoms with Crippen molar-refractivity contribution in [1.29, 1.82) is 0 Å². The third kappa shape index (κ3) is 4.39. The Labute approximate surface area is 139 Å². The van der Waals surface area contributed by atoms with Crippen LogP contribution in [0, 0.1) is 0 Å². The van der Waals surface area contributed by atoms with E-state index in [1.807, 2.05) is 12.1 Å². The number of nitrogens with one attached hydrogen (secondary N) is 1. The Morgan fingerprint density at radius 3 is 2.65 bits per heavy atom. The zero-order chi connectivity index (χ0) is 16.1. The first-order valence-electron chi connectivity index (χ1n) is 7.89. The summed E-state index contributed by atoms with van der Waals surface area (Å²) in [5.41, 5.74) is 7.26. The average molecular weight is 328 g/mol. The van der Waals surface area contributed by atoms with Gasteiger partial charge in [0.05, 0.1) is 0 Å². The third-order valence-corrected chi connectivity index (χ3v) is 4.99. The van der Waals surface area contributed by atoms with E-state index in [1.165, 1.54) is 49.5 Å². The molecule has 0 aliphatic heterocycles. The summed E-state index contributed by atoms with van der Waals surface area (Å²) in [4.78, 5) is 12.0. The van der Waals surface area contributed by atoms with Crippen molar-refractivity contribution in [3.05, 3.63) is 40.9 Å². The van der Waals surface area contributed by atoms with Gasteiger partial charge in [-0.05, 0) is 36.6 Å². The van der Waals surface area contributed by atoms with Gasteiger partial charge in [0.1, 0.15) is 5.01 Å². The SMILES string of the molecule is Nc1ccc(/C=C/C(=O)Nc2nnc(C3CCCCC3)s2)cc1. The summed E-state index contributed by atoms with van der Waals surface area (Å²) >= 11 is 1.49. The van der Waals surface area contributed by atoms with Gasteiger partial charge in [-0.15, -0.1) is 10.2 Å². The Hall–Kier alpha value is -2.21. The van der Waals surface area contributed by atoms with Crippen LogP contribution >= 0.6 is 11.3 Å². The number of nitrogen functional groups attached to an aromatic ring is 1. The van der Waals surface area contributed by atoms with Crippen LogP contribution in [-0.4, -0.2) is 16.1 Å². The van der Waals surface area contributed by atoms with Gasteiger partial charge < -0.3 is 5.73 Å². The van der Waals surface area contributed by atoms with E-state index in [0.717, 1.165) is 10.6 Å². The molecule has 0 spiro atoms. The molecular weight excluding hydrogens is 308 g/mol. The molecular formula is C17H20N4OS. The lowest BCUT2D eigenvalue weighted by molar-refractivity contribution is -0.111. The fourth-order valence-electron chi connectivity index (χ4n) is 2.73. The van der Waals surface area contributed by atoms with Crippen LogP contribution in [0.15, 0.2) is 30.3 Å². The zero-order valence-corrected chi connectivity index (χ0v) is 13.7. The lowest BCUT2D eigenvalue weighted by Crippen LogP contribution is -2.07. The molecule has 1 saturated carbocycles. The summed E-state index contributed by atoms with van der Waals surface area (Å²) in [6.07, 6.45) is 9.44. The molecule has 0 bridgehead atoms. The molecule has 120 valence electrons. The van der Waals surface area contributed by atoms with Crippen LogP contribution in [0.4, 0.5) is 10.8 Å². The fourth-order valence-corrected chi connectivity index (χ4v) is 3.64. The quantitative estimate of drug-likeness (QED) is 0.660. The van der Waals surface area contributed by atoms with Crippen LogP contribution in [0.5, 0.6) is 0 Å². The maximum Gasteiger partial charge on any atom is 0.250 e. The number of carbonyl (C=O) groups is 1. The molecule has 2 aromatic rings. The second-order valence-corrected chi connectivity index (χ2v) is 6.78. The number of carbonyl (C=O) groups excluding carboxylic acids is 1. The maximum absolute atomic E-state index is 12.0. The predicted octanol–water partition coefficient (Wildman–Crippen LogP) is 3.82. The van der Waals surface area contributed by atoms with Crippen molar-refractivity contribution in [2.45, 2.75) is 38.0 Å². The summed E-state index contributed by atoms with van der Waals surface area (Å²) in [6.45, 7) is 0. The van der Waals surface area contributed by atoms with Crippen molar-refractivity contribution in [3.8, 4) is 0 Å². The van der Waals surface area contributed by atoms with Crippen LogP contribution in [0.1, 0.15) is 48.6 Å². The topological polar surface area (TPSA) is 80.9 Å². The van der Waals surface area contributed by atoms with Gasteiger partial charge in [-0.2, -0.15) is 0 Å². The third-order valence-electron chi connectivity index (χ3n) is 3.99. The molecule has 6 heteroatoms. The van der Waals surface area contributed by atoms with Gasteiger partial charge in [0, 0.05) is 17.7 Å². The highest BCUT2D eigenvalue weighted by atomic mass is 32.1. The molecule has 1 fully saturated rings. The number of nitrogens with two attached hydrogens (primary N) is 1. The van der Waals surface area contributed by atoms with Gasteiger partial charge in [-0.3, -0.25) is 10.1 Å². The monoisotopic (exact) mass is 328 g/mol. The Bertz CT molecular complexity index is 687. The molecule has 0 saturated heterocycles. The minimum Gasteiger partial charge on any atom is -0.399 e. The van der Waals surface area contributed by atoms with E-state index in [1.54, 1.807) is 18.2 Å². The Kier molecular flexibility index (Phi) is 5.02. The van der Waals surface area contributed by atoms with Crippen LogP contribution in [0.2, 0.25) is 0 Å². The lowest BCUT2D eigenvalue weighted by atomic mass is 9.90. The van der Waals surface area contributed by atoms with Crippen molar-refractivity contribution >= 4 is 34.1 Å². The van der Waals surface area contributed by atoms with E-state index in [4.69, 9.17) is 5.73 Å². The summed E-state index contributed by atoms with van der Waals surface area (Å²) in [5, 5.41) is 12.7. The molecule has 0 unspecified atom stereocenters.